The SMILES string of the molecule is C=CC1=CN(C(=O)Oc2ccccc2)[C@@H](CCCOCc2ccccc2)CC1=O. The average Bonchev–Trinajstić information content (AvgIpc) is 2.75. The standard InChI is InChI=1S/C24H25NO4/c1-2-20-17-25(24(27)29-22-13-7-4-8-14-22)21(16-23(20)26)12-9-15-28-18-19-10-5-3-6-11-19/h2-8,10-11,13-14,17,21H,1,9,12,15-16,18H2/t21-/m0/s1. The largest absolute Gasteiger partial charge is 0.419 e. The number of hydrogen-bond donors (Lipinski definition) is 0. The van der Waals surface area contributed by atoms with Gasteiger partial charge in [-0.25, -0.2) is 4.79 Å². The van der Waals surface area contributed by atoms with Gasteiger partial charge in [0, 0.05) is 30.8 Å². The second-order valence-corrected chi connectivity index (χ2v) is 6.84. The lowest BCUT2D eigenvalue weighted by molar-refractivity contribution is -0.116. The first-order valence-electron chi connectivity index (χ1n) is 9.71. The Morgan fingerprint density at radius 1 is 1.10 bits per heavy atom. The minimum absolute atomic E-state index is 0.0148. The first kappa shape index (κ1) is 20.6. The maximum Gasteiger partial charge on any atom is 0.419 e. The van der Waals surface area contributed by atoms with Gasteiger partial charge in [0.05, 0.1) is 6.61 Å². The molecule has 0 aromatic heterocycles. The summed E-state index contributed by atoms with van der Waals surface area (Å²) in [7, 11) is 0. The average molecular weight is 391 g/mol. The number of nitrogens with zero attached hydrogens (tertiary/aromatic N) is 1. The highest BCUT2D eigenvalue weighted by atomic mass is 16.6. The number of Topliss-reactive ketones (excluding diaryl/α,β-unsaturated/α-hetero) is 1. The zero-order valence-corrected chi connectivity index (χ0v) is 16.3. The summed E-state index contributed by atoms with van der Waals surface area (Å²) in [6, 6.07) is 18.6. The molecule has 5 heteroatoms. The summed E-state index contributed by atoms with van der Waals surface area (Å²) >= 11 is 0. The lowest BCUT2D eigenvalue weighted by Crippen LogP contribution is -2.43. The predicted octanol–water partition coefficient (Wildman–Crippen LogP) is 4.90. The van der Waals surface area contributed by atoms with Crippen molar-refractivity contribution in [3.8, 4) is 5.75 Å². The molecule has 5 nitrogen and oxygen atoms in total. The minimum atomic E-state index is -0.502. The molecule has 0 aliphatic carbocycles. The van der Waals surface area contributed by atoms with Gasteiger partial charge in [-0.2, -0.15) is 0 Å². The third-order valence-electron chi connectivity index (χ3n) is 4.73. The quantitative estimate of drug-likeness (QED) is 0.601. The number of rotatable bonds is 8. The van der Waals surface area contributed by atoms with E-state index in [0.717, 1.165) is 12.0 Å². The molecule has 0 saturated carbocycles. The zero-order chi connectivity index (χ0) is 20.5. The molecule has 2 aromatic carbocycles. The summed E-state index contributed by atoms with van der Waals surface area (Å²) in [5.74, 6) is 0.451. The first-order chi connectivity index (χ1) is 14.2. The summed E-state index contributed by atoms with van der Waals surface area (Å²) in [6.45, 7) is 4.77. The number of ketones is 1. The summed E-state index contributed by atoms with van der Waals surface area (Å²) in [5, 5.41) is 0. The van der Waals surface area contributed by atoms with Gasteiger partial charge >= 0.3 is 6.09 Å². The summed E-state index contributed by atoms with van der Waals surface area (Å²) in [5.41, 5.74) is 1.54. The van der Waals surface area contributed by atoms with E-state index in [-0.39, 0.29) is 18.2 Å². The smallest absolute Gasteiger partial charge is 0.410 e. The molecule has 0 bridgehead atoms. The molecule has 0 radical (unpaired) electrons. The fourth-order valence-electron chi connectivity index (χ4n) is 3.19. The molecular weight excluding hydrogens is 366 g/mol. The number of allylic oxidation sites excluding steroid dienone is 2. The second-order valence-electron chi connectivity index (χ2n) is 6.84. The van der Waals surface area contributed by atoms with Crippen LogP contribution in [0, 0.1) is 0 Å². The first-order valence-corrected chi connectivity index (χ1v) is 9.71. The summed E-state index contributed by atoms with van der Waals surface area (Å²) in [4.78, 5) is 26.5. The predicted molar refractivity (Wildman–Crippen MR) is 111 cm³/mol. The van der Waals surface area contributed by atoms with E-state index in [1.165, 1.54) is 11.0 Å². The van der Waals surface area contributed by atoms with Gasteiger partial charge in [0.25, 0.3) is 0 Å². The van der Waals surface area contributed by atoms with Gasteiger partial charge in [-0.3, -0.25) is 9.69 Å². The number of carbonyl (C=O) groups excluding carboxylic acids is 2. The Morgan fingerprint density at radius 3 is 2.48 bits per heavy atom. The second kappa shape index (κ2) is 10.4. The molecule has 0 fully saturated rings. The molecule has 2 aromatic rings. The third kappa shape index (κ3) is 5.90. The Hall–Kier alpha value is -3.18. The van der Waals surface area contributed by atoms with Crippen LogP contribution in [0.15, 0.2) is 85.1 Å². The van der Waals surface area contributed by atoms with Gasteiger partial charge in [0.1, 0.15) is 5.75 Å². The van der Waals surface area contributed by atoms with E-state index < -0.39 is 6.09 Å². The van der Waals surface area contributed by atoms with Crippen molar-refractivity contribution in [1.82, 2.24) is 4.90 Å². The minimum Gasteiger partial charge on any atom is -0.410 e. The van der Waals surface area contributed by atoms with E-state index in [4.69, 9.17) is 9.47 Å². The van der Waals surface area contributed by atoms with Gasteiger partial charge in [0.2, 0.25) is 0 Å². The van der Waals surface area contributed by atoms with Crippen LogP contribution in [0.25, 0.3) is 0 Å². The van der Waals surface area contributed by atoms with Gasteiger partial charge < -0.3 is 9.47 Å². The zero-order valence-electron chi connectivity index (χ0n) is 16.3. The third-order valence-corrected chi connectivity index (χ3v) is 4.73. The molecule has 0 saturated heterocycles. The highest BCUT2D eigenvalue weighted by molar-refractivity contribution is 5.99. The van der Waals surface area contributed by atoms with E-state index in [0.29, 0.717) is 31.0 Å². The number of hydrogen-bond acceptors (Lipinski definition) is 4. The molecule has 1 heterocycles. The Kier molecular flexibility index (Phi) is 7.36. The van der Waals surface area contributed by atoms with Crippen LogP contribution in [0.3, 0.4) is 0 Å². The van der Waals surface area contributed by atoms with Crippen molar-refractivity contribution in [2.75, 3.05) is 6.61 Å². The number of para-hydroxylation sites is 1. The van der Waals surface area contributed by atoms with Crippen LogP contribution < -0.4 is 4.74 Å². The Labute approximate surface area is 171 Å². The van der Waals surface area contributed by atoms with E-state index in [1.807, 2.05) is 36.4 Å². The maximum absolute atomic E-state index is 12.7. The fraction of sp³-hybridized carbons (Fsp3) is 0.250. The van der Waals surface area contributed by atoms with Gasteiger partial charge in [0.15, 0.2) is 5.78 Å². The molecule has 1 amide bonds. The highest BCUT2D eigenvalue weighted by Crippen LogP contribution is 2.24. The van der Waals surface area contributed by atoms with Crippen LogP contribution in [-0.2, 0) is 16.1 Å². The lowest BCUT2D eigenvalue weighted by Gasteiger charge is -2.31. The number of carbonyl (C=O) groups is 2. The van der Waals surface area contributed by atoms with Crippen molar-refractivity contribution in [1.29, 1.82) is 0 Å². The molecule has 0 spiro atoms. The van der Waals surface area contributed by atoms with Crippen LogP contribution >= 0.6 is 0 Å². The number of amides is 1. The molecule has 1 atom stereocenters. The van der Waals surface area contributed by atoms with Gasteiger partial charge in [-0.15, -0.1) is 0 Å². The van der Waals surface area contributed by atoms with Gasteiger partial charge in [-0.05, 0) is 30.5 Å². The molecule has 150 valence electrons. The van der Waals surface area contributed by atoms with E-state index >= 15 is 0 Å². The van der Waals surface area contributed by atoms with Crippen molar-refractivity contribution in [3.63, 3.8) is 0 Å². The molecule has 1 aliphatic heterocycles. The van der Waals surface area contributed by atoms with Gasteiger partial charge in [-0.1, -0.05) is 61.2 Å². The van der Waals surface area contributed by atoms with Crippen LogP contribution in [0.5, 0.6) is 5.75 Å². The Balaban J connectivity index is 1.57. The fourth-order valence-corrected chi connectivity index (χ4v) is 3.19. The highest BCUT2D eigenvalue weighted by Gasteiger charge is 2.31. The van der Waals surface area contributed by atoms with Crippen LogP contribution in [0.2, 0.25) is 0 Å². The lowest BCUT2D eigenvalue weighted by atomic mass is 9.96. The molecule has 3 rings (SSSR count). The van der Waals surface area contributed by atoms with Crippen molar-refractivity contribution >= 4 is 11.9 Å². The summed E-state index contributed by atoms with van der Waals surface area (Å²) < 4.78 is 11.2. The monoisotopic (exact) mass is 391 g/mol. The normalized spacial score (nSPS) is 16.3. The van der Waals surface area contributed by atoms with Crippen molar-refractivity contribution in [2.24, 2.45) is 0 Å². The van der Waals surface area contributed by atoms with Crippen LogP contribution in [-0.4, -0.2) is 29.4 Å². The van der Waals surface area contributed by atoms with Crippen molar-refractivity contribution < 1.29 is 19.1 Å². The summed E-state index contributed by atoms with van der Waals surface area (Å²) in [6.07, 6.45) is 4.14. The van der Waals surface area contributed by atoms with Crippen LogP contribution in [0.1, 0.15) is 24.8 Å². The topological polar surface area (TPSA) is 55.8 Å². The van der Waals surface area contributed by atoms with Crippen molar-refractivity contribution in [2.45, 2.75) is 31.9 Å². The van der Waals surface area contributed by atoms with E-state index in [2.05, 4.69) is 6.58 Å². The molecular formula is C24H25NO4. The van der Waals surface area contributed by atoms with E-state index in [1.54, 1.807) is 30.5 Å². The maximum atomic E-state index is 12.7. The van der Waals surface area contributed by atoms with Crippen molar-refractivity contribution in [3.05, 3.63) is 90.7 Å². The number of ether oxygens (including phenoxy) is 2. The van der Waals surface area contributed by atoms with Crippen LogP contribution in [0.4, 0.5) is 4.79 Å². The Morgan fingerprint density at radius 2 is 1.79 bits per heavy atom. The molecule has 29 heavy (non-hydrogen) atoms. The number of benzene rings is 2. The Bertz CT molecular complexity index is 861. The molecule has 0 unspecified atom stereocenters. The van der Waals surface area contributed by atoms with E-state index in [9.17, 15) is 9.59 Å². The molecule has 0 N–H and O–H groups in total. The molecule has 1 aliphatic rings.